The highest BCUT2D eigenvalue weighted by molar-refractivity contribution is 5.75. The van der Waals surface area contributed by atoms with Gasteiger partial charge in [-0.15, -0.1) is 0 Å². The molecule has 1 N–H and O–H groups in total. The first kappa shape index (κ1) is 50.6. The molecule has 3 aliphatic heterocycles. The van der Waals surface area contributed by atoms with Gasteiger partial charge in [0.15, 0.2) is 5.43 Å². The van der Waals surface area contributed by atoms with Gasteiger partial charge in [-0.05, 0) is 66.4 Å². The second kappa shape index (κ2) is 21.9. The number of aromatic amines is 1. The zero-order chi connectivity index (χ0) is 43.7. The quantitative estimate of drug-likeness (QED) is 0.245. The zero-order valence-corrected chi connectivity index (χ0v) is 38.8. The molecule has 0 aliphatic carbocycles. The van der Waals surface area contributed by atoms with E-state index < -0.39 is 0 Å². The summed E-state index contributed by atoms with van der Waals surface area (Å²) in [7, 11) is 0. The van der Waals surface area contributed by atoms with Crippen molar-refractivity contribution in [3.05, 3.63) is 123 Å². The van der Waals surface area contributed by atoms with E-state index in [4.69, 9.17) is 4.42 Å². The Labute approximate surface area is 346 Å². The van der Waals surface area contributed by atoms with Crippen LogP contribution in [0.1, 0.15) is 148 Å². The number of allylic oxidation sites excluding steroid dienone is 2. The van der Waals surface area contributed by atoms with Crippen LogP contribution in [0.3, 0.4) is 0 Å². The average molecular weight is 781 g/mol. The molecular formula is C49H76N6O2. The van der Waals surface area contributed by atoms with Gasteiger partial charge < -0.3 is 4.42 Å². The van der Waals surface area contributed by atoms with Crippen LogP contribution < -0.4 is 5.43 Å². The van der Waals surface area contributed by atoms with Gasteiger partial charge in [0, 0.05) is 42.9 Å². The molecule has 0 spiro atoms. The van der Waals surface area contributed by atoms with E-state index in [1.807, 2.05) is 58.0 Å². The van der Waals surface area contributed by atoms with E-state index in [9.17, 15) is 4.79 Å². The van der Waals surface area contributed by atoms with Gasteiger partial charge in [0.25, 0.3) is 0 Å². The van der Waals surface area contributed by atoms with Crippen molar-refractivity contribution in [3.8, 4) is 0 Å². The number of azo groups is 1. The number of nitrogens with zero attached hydrogens (tertiary/aromatic N) is 5. The van der Waals surface area contributed by atoms with Crippen molar-refractivity contribution < 1.29 is 4.42 Å². The van der Waals surface area contributed by atoms with Crippen LogP contribution in [-0.2, 0) is 16.2 Å². The number of H-pyrrole nitrogens is 1. The highest BCUT2D eigenvalue weighted by atomic mass is 16.3. The average Bonchev–Trinajstić information content (AvgIpc) is 3.93. The molecule has 0 unspecified atom stereocenters. The lowest BCUT2D eigenvalue weighted by Crippen LogP contribution is -2.21. The van der Waals surface area contributed by atoms with E-state index in [-0.39, 0.29) is 21.7 Å². The van der Waals surface area contributed by atoms with Gasteiger partial charge in [0.2, 0.25) is 0 Å². The van der Waals surface area contributed by atoms with E-state index in [2.05, 4.69) is 171 Å². The van der Waals surface area contributed by atoms with Gasteiger partial charge in [-0.1, -0.05) is 155 Å². The van der Waals surface area contributed by atoms with Gasteiger partial charge in [0.05, 0.1) is 38.0 Å². The number of nitrogens with one attached hydrogen (secondary N) is 1. The molecule has 314 valence electrons. The third kappa shape index (κ3) is 20.5. The predicted octanol–water partition coefficient (Wildman–Crippen LogP) is 13.4. The van der Waals surface area contributed by atoms with Crippen LogP contribution in [0.4, 0.5) is 0 Å². The molecule has 3 aliphatic rings. The molecule has 8 heteroatoms. The van der Waals surface area contributed by atoms with Crippen LogP contribution in [0.25, 0.3) is 0 Å². The minimum absolute atomic E-state index is 0.0451. The molecule has 8 nitrogen and oxygen atoms in total. The summed E-state index contributed by atoms with van der Waals surface area (Å²) < 4.78 is 4.92. The standard InChI is InChI=1S/C10H14.C9H12O2.2C8H13N.2C7H12N2/c1-10(2,3)9-7-5-4-6-8-9;1-9(2,3)7-6-11-5-4-8(7)10;2*1-8(2,3)7-4-5-9-6-7;2*1-7(2,3)6-4-8-9-5-6/h4-8H,1-3H3;4-6H,1-3H3;5-6H,4H2,1-3H3;4-5H,6H2,1-3H3;4H,5H2,1-3H3;4-5H,1-3H3,(H,8,9). The van der Waals surface area contributed by atoms with Crippen LogP contribution in [0.15, 0.2) is 126 Å². The Morgan fingerprint density at radius 3 is 1.46 bits per heavy atom. The lowest BCUT2D eigenvalue weighted by molar-refractivity contribution is 0.499. The van der Waals surface area contributed by atoms with E-state index in [0.717, 1.165) is 25.1 Å². The summed E-state index contributed by atoms with van der Waals surface area (Å²) in [6, 6.07) is 12.0. The SMILES string of the molecule is CC(C)(C)C1=CC=NC1.CC(C)(C)C1=CN=CC1.CC(C)(C)C1=CN=NC1.CC(C)(C)c1ccccc1.CC(C)(C)c1cn[nH]c1.CC(C)(C)c1coccc1=O. The predicted molar refractivity (Wildman–Crippen MR) is 245 cm³/mol. The molecule has 3 aromatic rings. The molecular weight excluding hydrogens is 705 g/mol. The van der Waals surface area contributed by atoms with Gasteiger partial charge in [-0.3, -0.25) is 19.9 Å². The summed E-state index contributed by atoms with van der Waals surface area (Å²) >= 11 is 0. The van der Waals surface area contributed by atoms with Crippen molar-refractivity contribution in [1.29, 1.82) is 0 Å². The lowest BCUT2D eigenvalue weighted by atomic mass is 9.86. The molecule has 1 aromatic carbocycles. The third-order valence-corrected chi connectivity index (χ3v) is 9.28. The summed E-state index contributed by atoms with van der Waals surface area (Å²) in [5, 5.41) is 14.3. The molecule has 5 heterocycles. The highest BCUT2D eigenvalue weighted by Gasteiger charge is 2.20. The Hall–Kier alpha value is -4.46. The Morgan fingerprint density at radius 2 is 1.19 bits per heavy atom. The molecule has 0 fully saturated rings. The van der Waals surface area contributed by atoms with Gasteiger partial charge in [0.1, 0.15) is 0 Å². The van der Waals surface area contributed by atoms with Crippen LogP contribution >= 0.6 is 0 Å². The summed E-state index contributed by atoms with van der Waals surface area (Å²) in [5.41, 5.74) is 8.89. The largest absolute Gasteiger partial charge is 0.472 e. The van der Waals surface area contributed by atoms with Crippen LogP contribution in [-0.4, -0.2) is 35.7 Å². The van der Waals surface area contributed by atoms with Crippen LogP contribution in [0, 0.1) is 16.2 Å². The fourth-order valence-corrected chi connectivity index (χ4v) is 4.88. The Bertz CT molecular complexity index is 1750. The third-order valence-electron chi connectivity index (χ3n) is 9.28. The maximum absolute atomic E-state index is 11.2. The lowest BCUT2D eigenvalue weighted by Gasteiger charge is -2.18. The van der Waals surface area contributed by atoms with E-state index in [0.29, 0.717) is 16.2 Å². The Morgan fingerprint density at radius 1 is 0.614 bits per heavy atom. The van der Waals surface area contributed by atoms with E-state index >= 15 is 0 Å². The van der Waals surface area contributed by atoms with Crippen molar-refractivity contribution in [2.24, 2.45) is 36.5 Å². The molecule has 0 radical (unpaired) electrons. The monoisotopic (exact) mass is 781 g/mol. The molecule has 6 rings (SSSR count). The summed E-state index contributed by atoms with van der Waals surface area (Å²) in [6.07, 6.45) is 17.5. The second-order valence-corrected chi connectivity index (χ2v) is 20.6. The fraction of sp³-hybridized carbons (Fsp3) is 0.551. The maximum atomic E-state index is 11.2. The second-order valence-electron chi connectivity index (χ2n) is 20.6. The minimum atomic E-state index is -0.123. The molecule has 0 bridgehead atoms. The van der Waals surface area contributed by atoms with Crippen LogP contribution in [0.2, 0.25) is 0 Å². The number of benzene rings is 1. The topological polar surface area (TPSA) is 108 Å². The first-order chi connectivity index (χ1) is 26.0. The van der Waals surface area contributed by atoms with E-state index in [1.54, 1.807) is 0 Å². The molecule has 0 saturated heterocycles. The van der Waals surface area contributed by atoms with Crippen molar-refractivity contribution in [2.75, 3.05) is 13.1 Å². The van der Waals surface area contributed by atoms with Gasteiger partial charge >= 0.3 is 0 Å². The molecule has 0 atom stereocenters. The maximum Gasteiger partial charge on any atom is 0.188 e. The van der Waals surface area contributed by atoms with Crippen molar-refractivity contribution in [1.82, 2.24) is 10.2 Å². The summed E-state index contributed by atoms with van der Waals surface area (Å²) in [6.45, 7) is 40.6. The van der Waals surface area contributed by atoms with Gasteiger partial charge in [-0.25, -0.2) is 0 Å². The number of hydrogen-bond acceptors (Lipinski definition) is 7. The molecule has 0 amide bonds. The Balaban J connectivity index is 0.000000343. The molecule has 2 aromatic heterocycles. The Kier molecular flexibility index (Phi) is 19.4. The first-order valence-corrected chi connectivity index (χ1v) is 20.1. The van der Waals surface area contributed by atoms with Crippen molar-refractivity contribution in [3.63, 3.8) is 0 Å². The number of aliphatic imine (C=N–C) groups is 2. The fourth-order valence-electron chi connectivity index (χ4n) is 4.88. The zero-order valence-electron chi connectivity index (χ0n) is 38.8. The van der Waals surface area contributed by atoms with Gasteiger partial charge in [-0.2, -0.15) is 15.3 Å². The summed E-state index contributed by atoms with van der Waals surface area (Å²) in [4.78, 5) is 19.4. The number of hydrogen-bond donors (Lipinski definition) is 1. The smallest absolute Gasteiger partial charge is 0.188 e. The van der Waals surface area contributed by atoms with E-state index in [1.165, 1.54) is 46.4 Å². The minimum Gasteiger partial charge on any atom is -0.472 e. The normalized spacial score (nSPS) is 14.8. The molecule has 0 saturated carbocycles. The first-order valence-electron chi connectivity index (χ1n) is 20.1. The van der Waals surface area contributed by atoms with Crippen molar-refractivity contribution >= 4 is 12.4 Å². The molecule has 57 heavy (non-hydrogen) atoms. The van der Waals surface area contributed by atoms with Crippen LogP contribution in [0.5, 0.6) is 0 Å². The van der Waals surface area contributed by atoms with Crippen molar-refractivity contribution in [2.45, 2.75) is 147 Å². The summed E-state index contributed by atoms with van der Waals surface area (Å²) in [5.74, 6) is 0. The number of rotatable bonds is 0. The number of aromatic nitrogens is 2. The highest BCUT2D eigenvalue weighted by Crippen LogP contribution is 2.30.